The Kier molecular flexibility index (Phi) is 16.4. The van der Waals surface area contributed by atoms with Crippen LogP contribution in [0.3, 0.4) is 0 Å². The largest absolute Gasteiger partial charge is 0.480 e. The van der Waals surface area contributed by atoms with Crippen molar-refractivity contribution in [1.82, 2.24) is 16.0 Å². The molecule has 218 valence electrons. The predicted octanol–water partition coefficient (Wildman–Crippen LogP) is 0.708. The second-order valence-corrected chi connectivity index (χ2v) is 9.09. The molecule has 0 aromatic heterocycles. The third-order valence-electron chi connectivity index (χ3n) is 5.81. The minimum Gasteiger partial charge on any atom is -0.480 e. The number of nitrogens with zero attached hydrogens (tertiary/aromatic N) is 1. The molecule has 10 N–H and O–H groups in total. The van der Waals surface area contributed by atoms with Gasteiger partial charge >= 0.3 is 12.1 Å². The van der Waals surface area contributed by atoms with E-state index < -0.39 is 42.0 Å². The molecular formula is C26H43N7O6. The van der Waals surface area contributed by atoms with Crippen molar-refractivity contribution in [3.8, 4) is 0 Å². The minimum absolute atomic E-state index is 0.0403. The molecule has 0 heterocycles. The van der Waals surface area contributed by atoms with E-state index in [9.17, 15) is 24.3 Å². The molecule has 0 saturated heterocycles. The van der Waals surface area contributed by atoms with Crippen molar-refractivity contribution in [3.63, 3.8) is 0 Å². The summed E-state index contributed by atoms with van der Waals surface area (Å²) >= 11 is 0. The summed E-state index contributed by atoms with van der Waals surface area (Å²) in [5, 5.41) is 17.3. The van der Waals surface area contributed by atoms with Crippen molar-refractivity contribution < 1.29 is 29.0 Å². The van der Waals surface area contributed by atoms with E-state index in [1.54, 1.807) is 0 Å². The highest BCUT2D eigenvalue weighted by molar-refractivity contribution is 5.92. The number of amides is 3. The maximum Gasteiger partial charge on any atom is 0.408 e. The highest BCUT2D eigenvalue weighted by atomic mass is 16.5. The van der Waals surface area contributed by atoms with Crippen LogP contribution in [0.15, 0.2) is 35.3 Å². The monoisotopic (exact) mass is 549 g/mol. The maximum atomic E-state index is 13.2. The molecule has 13 heteroatoms. The Hall–Kier alpha value is -3.87. The first-order valence-electron chi connectivity index (χ1n) is 13.2. The second kappa shape index (κ2) is 19.2. The van der Waals surface area contributed by atoms with Crippen molar-refractivity contribution in [2.45, 2.75) is 83.0 Å². The molecule has 0 bridgehead atoms. The number of hydrogen-bond donors (Lipinski definition) is 7. The average Bonchev–Trinajstić information content (AvgIpc) is 2.91. The number of carboxylic acids is 1. The summed E-state index contributed by atoms with van der Waals surface area (Å²) < 4.78 is 5.25. The fourth-order valence-electron chi connectivity index (χ4n) is 3.65. The number of hydrogen-bond acceptors (Lipinski definition) is 7. The van der Waals surface area contributed by atoms with E-state index in [4.69, 9.17) is 21.9 Å². The van der Waals surface area contributed by atoms with Crippen molar-refractivity contribution in [1.29, 1.82) is 0 Å². The van der Waals surface area contributed by atoms with E-state index in [1.807, 2.05) is 37.3 Å². The van der Waals surface area contributed by atoms with Gasteiger partial charge in [-0.15, -0.1) is 0 Å². The molecule has 0 radical (unpaired) electrons. The topological polar surface area (TPSA) is 224 Å². The summed E-state index contributed by atoms with van der Waals surface area (Å²) in [5.41, 5.74) is 16.9. The lowest BCUT2D eigenvalue weighted by Gasteiger charge is -2.24. The van der Waals surface area contributed by atoms with Gasteiger partial charge in [-0.25, -0.2) is 9.59 Å². The van der Waals surface area contributed by atoms with Gasteiger partial charge < -0.3 is 43.0 Å². The van der Waals surface area contributed by atoms with Gasteiger partial charge in [0, 0.05) is 6.54 Å². The van der Waals surface area contributed by atoms with Gasteiger partial charge in [-0.2, -0.15) is 0 Å². The number of aliphatic imine (C=N–C) groups is 1. The average molecular weight is 550 g/mol. The van der Waals surface area contributed by atoms with Gasteiger partial charge in [-0.05, 0) is 50.6 Å². The molecule has 3 amide bonds. The molecule has 0 aliphatic carbocycles. The van der Waals surface area contributed by atoms with Gasteiger partial charge in [0.1, 0.15) is 24.7 Å². The Labute approximate surface area is 229 Å². The molecule has 0 aliphatic rings. The lowest BCUT2D eigenvalue weighted by atomic mass is 10.0. The van der Waals surface area contributed by atoms with Gasteiger partial charge in [-0.3, -0.25) is 14.6 Å². The standard InChI is InChI=1S/C26H43N7O6/c1-2-3-12-20(33-26(38)39-17-18-10-5-4-6-11-18)23(35)31-19(13-7-8-15-27)22(34)32-21(24(36)37)14-9-16-30-25(28)29/h4-6,10-11,19-21H,2-3,7-9,12-17,27H2,1H3,(H,31,35)(H,32,34)(H,33,38)(H,36,37)(H4,28,29,30)/t19-,20-,21-/m0/s1. The molecule has 0 spiro atoms. The number of ether oxygens (including phenoxy) is 1. The summed E-state index contributed by atoms with van der Waals surface area (Å²) in [4.78, 5) is 54.1. The highest BCUT2D eigenvalue weighted by Crippen LogP contribution is 2.08. The summed E-state index contributed by atoms with van der Waals surface area (Å²) in [7, 11) is 0. The first-order chi connectivity index (χ1) is 18.7. The van der Waals surface area contributed by atoms with Gasteiger partial charge in [-0.1, -0.05) is 50.1 Å². The number of benzene rings is 1. The SMILES string of the molecule is CCCC[C@H](NC(=O)OCc1ccccc1)C(=O)N[C@@H](CCCCN)C(=O)N[C@@H](CCCN=C(N)N)C(=O)O. The fraction of sp³-hybridized carbons (Fsp3) is 0.577. The number of carbonyl (C=O) groups excluding carboxylic acids is 3. The zero-order valence-electron chi connectivity index (χ0n) is 22.6. The summed E-state index contributed by atoms with van der Waals surface area (Å²) in [5.74, 6) is -2.53. The van der Waals surface area contributed by atoms with E-state index in [2.05, 4.69) is 20.9 Å². The Balaban J connectivity index is 2.86. The zero-order valence-corrected chi connectivity index (χ0v) is 22.6. The number of carboxylic acid groups (broad SMARTS) is 1. The molecule has 0 unspecified atom stereocenters. The van der Waals surface area contributed by atoms with E-state index in [-0.39, 0.29) is 32.0 Å². The molecule has 3 atom stereocenters. The third kappa shape index (κ3) is 14.6. The summed E-state index contributed by atoms with van der Waals surface area (Å²) in [6, 6.07) is 5.96. The molecule has 39 heavy (non-hydrogen) atoms. The van der Waals surface area contributed by atoms with Crippen LogP contribution in [0, 0.1) is 0 Å². The smallest absolute Gasteiger partial charge is 0.408 e. The molecule has 1 rings (SSSR count). The van der Waals surface area contributed by atoms with Crippen molar-refractivity contribution in [2.75, 3.05) is 13.1 Å². The summed E-state index contributed by atoms with van der Waals surface area (Å²) in [6.45, 7) is 2.60. The third-order valence-corrected chi connectivity index (χ3v) is 5.81. The van der Waals surface area contributed by atoms with E-state index >= 15 is 0 Å². The Morgan fingerprint density at radius 2 is 1.46 bits per heavy atom. The van der Waals surface area contributed by atoms with Crippen LogP contribution in [-0.4, -0.2) is 66.2 Å². The van der Waals surface area contributed by atoms with Crippen LogP contribution in [0.2, 0.25) is 0 Å². The van der Waals surface area contributed by atoms with Gasteiger partial charge in [0.05, 0.1) is 0 Å². The molecule has 1 aromatic carbocycles. The quantitative estimate of drug-likeness (QED) is 0.0731. The van der Waals surface area contributed by atoms with E-state index in [0.29, 0.717) is 38.6 Å². The molecule has 0 fully saturated rings. The Morgan fingerprint density at radius 1 is 0.872 bits per heavy atom. The summed E-state index contributed by atoms with van der Waals surface area (Å²) in [6.07, 6.45) is 2.82. The van der Waals surface area contributed by atoms with Crippen LogP contribution in [0.4, 0.5) is 4.79 Å². The molecular weight excluding hydrogens is 506 g/mol. The number of guanidine groups is 1. The van der Waals surface area contributed by atoms with Gasteiger partial charge in [0.15, 0.2) is 5.96 Å². The van der Waals surface area contributed by atoms with Crippen molar-refractivity contribution in [2.24, 2.45) is 22.2 Å². The number of alkyl carbamates (subject to hydrolysis) is 1. The normalized spacial score (nSPS) is 12.9. The molecule has 13 nitrogen and oxygen atoms in total. The van der Waals surface area contributed by atoms with E-state index in [0.717, 1.165) is 12.0 Å². The maximum absolute atomic E-state index is 13.2. The lowest BCUT2D eigenvalue weighted by Crippen LogP contribution is -2.55. The first-order valence-corrected chi connectivity index (χ1v) is 13.2. The minimum atomic E-state index is -1.22. The van der Waals surface area contributed by atoms with Gasteiger partial charge in [0.25, 0.3) is 0 Å². The number of nitrogens with two attached hydrogens (primary N) is 3. The first kappa shape index (κ1) is 33.2. The molecule has 0 aliphatic heterocycles. The number of unbranched alkanes of at least 4 members (excludes halogenated alkanes) is 2. The predicted molar refractivity (Wildman–Crippen MR) is 147 cm³/mol. The highest BCUT2D eigenvalue weighted by Gasteiger charge is 2.29. The van der Waals surface area contributed by atoms with Crippen molar-refractivity contribution in [3.05, 3.63) is 35.9 Å². The number of rotatable bonds is 19. The van der Waals surface area contributed by atoms with Crippen molar-refractivity contribution >= 4 is 29.8 Å². The Morgan fingerprint density at radius 3 is 2.05 bits per heavy atom. The van der Waals surface area contributed by atoms with Crippen LogP contribution in [0.5, 0.6) is 0 Å². The van der Waals surface area contributed by atoms with Crippen LogP contribution in [0.25, 0.3) is 0 Å². The van der Waals surface area contributed by atoms with Crippen LogP contribution >= 0.6 is 0 Å². The van der Waals surface area contributed by atoms with Crippen LogP contribution in [0.1, 0.15) is 63.9 Å². The molecule has 0 saturated carbocycles. The number of nitrogens with one attached hydrogen (secondary N) is 3. The van der Waals surface area contributed by atoms with Crippen LogP contribution < -0.4 is 33.2 Å². The number of aliphatic carboxylic acids is 1. The lowest BCUT2D eigenvalue weighted by molar-refractivity contribution is -0.142. The van der Waals surface area contributed by atoms with Crippen LogP contribution in [-0.2, 0) is 25.7 Å². The molecule has 1 aromatic rings. The Bertz CT molecular complexity index is 925. The second-order valence-electron chi connectivity index (χ2n) is 9.09. The van der Waals surface area contributed by atoms with E-state index in [1.165, 1.54) is 0 Å². The fourth-order valence-corrected chi connectivity index (χ4v) is 3.65. The van der Waals surface area contributed by atoms with Gasteiger partial charge in [0.2, 0.25) is 11.8 Å². The number of carbonyl (C=O) groups is 4. The zero-order chi connectivity index (χ0) is 29.0.